The molecule has 1 amide bonds. The average molecular weight is 382 g/mol. The first-order valence-corrected chi connectivity index (χ1v) is 10.6. The highest BCUT2D eigenvalue weighted by molar-refractivity contribution is 5.94. The summed E-state index contributed by atoms with van der Waals surface area (Å²) in [4.78, 5) is 25.1. The quantitative estimate of drug-likeness (QED) is 0.881. The van der Waals surface area contributed by atoms with E-state index >= 15 is 0 Å². The van der Waals surface area contributed by atoms with Crippen LogP contribution in [0.2, 0.25) is 0 Å². The standard InChI is InChI=1S/C21H26N4O3/c26-19-12-13-4-3-6-17(13)23-25(19)15-10-8-14(9-11-15)22-21(27)20-16-5-1-2-7-18(16)28-24-20/h12,14-15H,1-11H2,(H,22,27). The molecule has 0 spiro atoms. The summed E-state index contributed by atoms with van der Waals surface area (Å²) < 4.78 is 7.06. The van der Waals surface area contributed by atoms with E-state index in [1.165, 1.54) is 0 Å². The zero-order valence-electron chi connectivity index (χ0n) is 16.1. The summed E-state index contributed by atoms with van der Waals surface area (Å²) in [5, 5.41) is 11.8. The zero-order valence-corrected chi connectivity index (χ0v) is 16.1. The molecule has 3 aliphatic carbocycles. The highest BCUT2D eigenvalue weighted by Crippen LogP contribution is 2.29. The predicted octanol–water partition coefficient (Wildman–Crippen LogP) is 2.51. The monoisotopic (exact) mass is 382 g/mol. The van der Waals surface area contributed by atoms with E-state index in [1.54, 1.807) is 10.7 Å². The molecule has 0 atom stereocenters. The molecule has 2 aromatic rings. The third kappa shape index (κ3) is 3.16. The van der Waals surface area contributed by atoms with Gasteiger partial charge in [0.25, 0.3) is 11.5 Å². The summed E-state index contributed by atoms with van der Waals surface area (Å²) in [6, 6.07) is 2.02. The van der Waals surface area contributed by atoms with Crippen molar-refractivity contribution in [3.63, 3.8) is 0 Å². The molecular weight excluding hydrogens is 356 g/mol. The van der Waals surface area contributed by atoms with E-state index in [2.05, 4.69) is 15.6 Å². The maximum absolute atomic E-state index is 12.7. The molecule has 1 fully saturated rings. The van der Waals surface area contributed by atoms with Crippen LogP contribution in [0.3, 0.4) is 0 Å². The number of aromatic nitrogens is 3. The van der Waals surface area contributed by atoms with E-state index in [4.69, 9.17) is 4.52 Å². The van der Waals surface area contributed by atoms with Crippen molar-refractivity contribution in [2.75, 3.05) is 0 Å². The van der Waals surface area contributed by atoms with Crippen LogP contribution in [0.5, 0.6) is 0 Å². The van der Waals surface area contributed by atoms with Crippen molar-refractivity contribution >= 4 is 5.91 Å². The molecule has 0 unspecified atom stereocenters. The van der Waals surface area contributed by atoms with Gasteiger partial charge in [0.1, 0.15) is 5.76 Å². The largest absolute Gasteiger partial charge is 0.360 e. The van der Waals surface area contributed by atoms with Crippen LogP contribution in [-0.2, 0) is 25.7 Å². The smallest absolute Gasteiger partial charge is 0.273 e. The Kier molecular flexibility index (Phi) is 4.53. The van der Waals surface area contributed by atoms with Gasteiger partial charge in [0.05, 0.1) is 11.7 Å². The van der Waals surface area contributed by atoms with Gasteiger partial charge in [-0.2, -0.15) is 5.10 Å². The van der Waals surface area contributed by atoms with E-state index < -0.39 is 0 Å². The van der Waals surface area contributed by atoms with Crippen LogP contribution in [0.25, 0.3) is 0 Å². The topological polar surface area (TPSA) is 90.0 Å². The van der Waals surface area contributed by atoms with Crippen LogP contribution < -0.4 is 10.9 Å². The van der Waals surface area contributed by atoms with Crippen molar-refractivity contribution in [2.24, 2.45) is 0 Å². The maximum atomic E-state index is 12.7. The molecule has 7 heteroatoms. The molecule has 0 aromatic carbocycles. The Hall–Kier alpha value is -2.44. The number of carbonyl (C=O) groups excluding carboxylic acids is 1. The van der Waals surface area contributed by atoms with E-state index in [0.29, 0.717) is 5.69 Å². The van der Waals surface area contributed by atoms with Gasteiger partial charge in [-0.15, -0.1) is 0 Å². The average Bonchev–Trinajstić information content (AvgIpc) is 3.34. The summed E-state index contributed by atoms with van der Waals surface area (Å²) in [5.41, 5.74) is 3.69. The van der Waals surface area contributed by atoms with Gasteiger partial charge in [-0.3, -0.25) is 9.59 Å². The molecular formula is C21H26N4O3. The minimum atomic E-state index is -0.122. The van der Waals surface area contributed by atoms with Crippen molar-refractivity contribution in [1.29, 1.82) is 0 Å². The van der Waals surface area contributed by atoms with Crippen LogP contribution in [0.1, 0.15) is 84.1 Å². The van der Waals surface area contributed by atoms with Gasteiger partial charge >= 0.3 is 0 Å². The molecule has 2 aromatic heterocycles. The molecule has 0 bridgehead atoms. The highest BCUT2D eigenvalue weighted by atomic mass is 16.5. The molecule has 1 N–H and O–H groups in total. The second-order valence-electron chi connectivity index (χ2n) is 8.37. The third-order valence-electron chi connectivity index (χ3n) is 6.53. The molecule has 28 heavy (non-hydrogen) atoms. The Morgan fingerprint density at radius 2 is 1.89 bits per heavy atom. The summed E-state index contributed by atoms with van der Waals surface area (Å²) in [5.74, 6) is 0.755. The van der Waals surface area contributed by atoms with Crippen molar-refractivity contribution < 1.29 is 9.32 Å². The first kappa shape index (κ1) is 17.6. The molecule has 2 heterocycles. The first-order chi connectivity index (χ1) is 13.7. The van der Waals surface area contributed by atoms with Crippen molar-refractivity contribution in [1.82, 2.24) is 20.3 Å². The summed E-state index contributed by atoms with van der Waals surface area (Å²) in [7, 11) is 0. The Bertz CT molecular complexity index is 953. The van der Waals surface area contributed by atoms with Crippen LogP contribution >= 0.6 is 0 Å². The third-order valence-corrected chi connectivity index (χ3v) is 6.53. The zero-order chi connectivity index (χ0) is 19.1. The van der Waals surface area contributed by atoms with Crippen molar-refractivity contribution in [3.05, 3.63) is 44.7 Å². The number of hydrogen-bond donors (Lipinski definition) is 1. The molecule has 0 radical (unpaired) electrons. The SMILES string of the molecule is O=C(NC1CCC(n2nc3c(cc2=O)CCC3)CC1)c1noc2c1CCCC2. The Morgan fingerprint density at radius 3 is 2.75 bits per heavy atom. The van der Waals surface area contributed by atoms with E-state index in [9.17, 15) is 9.59 Å². The minimum Gasteiger partial charge on any atom is -0.360 e. The lowest BCUT2D eigenvalue weighted by molar-refractivity contribution is 0.0911. The van der Waals surface area contributed by atoms with Gasteiger partial charge in [-0.05, 0) is 69.8 Å². The Balaban J connectivity index is 1.23. The van der Waals surface area contributed by atoms with E-state index in [0.717, 1.165) is 93.2 Å². The van der Waals surface area contributed by atoms with E-state index in [1.807, 2.05) is 0 Å². The molecule has 5 rings (SSSR count). The van der Waals surface area contributed by atoms with E-state index in [-0.39, 0.29) is 23.6 Å². The molecule has 148 valence electrons. The second-order valence-corrected chi connectivity index (χ2v) is 8.37. The van der Waals surface area contributed by atoms with Crippen LogP contribution in [0.15, 0.2) is 15.4 Å². The van der Waals surface area contributed by atoms with Gasteiger partial charge in [0.2, 0.25) is 0 Å². The van der Waals surface area contributed by atoms with Crippen LogP contribution in [0.4, 0.5) is 0 Å². The van der Waals surface area contributed by atoms with Gasteiger partial charge in [0, 0.05) is 24.1 Å². The number of nitrogens with one attached hydrogen (secondary N) is 1. The van der Waals surface area contributed by atoms with Crippen LogP contribution in [-0.4, -0.2) is 26.9 Å². The number of carbonyl (C=O) groups is 1. The number of rotatable bonds is 3. The van der Waals surface area contributed by atoms with Gasteiger partial charge in [0.15, 0.2) is 5.69 Å². The molecule has 1 saturated carbocycles. The van der Waals surface area contributed by atoms with Crippen molar-refractivity contribution in [3.8, 4) is 0 Å². The highest BCUT2D eigenvalue weighted by Gasteiger charge is 2.29. The number of fused-ring (bicyclic) bond motifs is 2. The number of nitrogens with zero attached hydrogens (tertiary/aromatic N) is 3. The molecule has 0 saturated heterocycles. The first-order valence-electron chi connectivity index (χ1n) is 10.6. The summed E-state index contributed by atoms with van der Waals surface area (Å²) in [6.45, 7) is 0. The number of hydrogen-bond acceptors (Lipinski definition) is 5. The van der Waals surface area contributed by atoms with Gasteiger partial charge in [-0.1, -0.05) is 5.16 Å². The van der Waals surface area contributed by atoms with Crippen molar-refractivity contribution in [2.45, 2.75) is 82.7 Å². The summed E-state index contributed by atoms with van der Waals surface area (Å²) >= 11 is 0. The maximum Gasteiger partial charge on any atom is 0.273 e. The fraction of sp³-hybridized carbons (Fsp3) is 0.619. The molecule has 7 nitrogen and oxygen atoms in total. The molecule has 0 aliphatic heterocycles. The number of amides is 1. The number of aryl methyl sites for hydroxylation is 3. The summed E-state index contributed by atoms with van der Waals surface area (Å²) in [6.07, 6.45) is 10.4. The van der Waals surface area contributed by atoms with Gasteiger partial charge in [-0.25, -0.2) is 4.68 Å². The van der Waals surface area contributed by atoms with Gasteiger partial charge < -0.3 is 9.84 Å². The Morgan fingerprint density at radius 1 is 1.07 bits per heavy atom. The predicted molar refractivity (Wildman–Crippen MR) is 102 cm³/mol. The normalized spacial score (nSPS) is 23.9. The van der Waals surface area contributed by atoms with Crippen LogP contribution in [0, 0.1) is 0 Å². The lowest BCUT2D eigenvalue weighted by Crippen LogP contribution is -2.40. The lowest BCUT2D eigenvalue weighted by Gasteiger charge is -2.29. The molecule has 3 aliphatic rings. The minimum absolute atomic E-state index is 0.0161. The lowest BCUT2D eigenvalue weighted by atomic mass is 9.90. The fourth-order valence-corrected chi connectivity index (χ4v) is 4.96. The fourth-order valence-electron chi connectivity index (χ4n) is 4.96. The Labute approximate surface area is 163 Å². The second kappa shape index (κ2) is 7.18.